The first-order valence-corrected chi connectivity index (χ1v) is 4.57. The van der Waals surface area contributed by atoms with Crippen LogP contribution in [0.5, 0.6) is 0 Å². The second kappa shape index (κ2) is 6.59. The van der Waals surface area contributed by atoms with E-state index in [0.29, 0.717) is 19.8 Å². The second-order valence-electron chi connectivity index (χ2n) is 2.82. The zero-order chi connectivity index (χ0) is 10.2. The number of furan rings is 1. The molecule has 1 aromatic rings. The Balaban J connectivity index is 2.06. The third-order valence-electron chi connectivity index (χ3n) is 1.68. The molecule has 0 N–H and O–H groups in total. The molecule has 1 atom stereocenters. The van der Waals surface area contributed by atoms with Gasteiger partial charge in [-0.05, 0) is 19.1 Å². The molecule has 1 aromatic heterocycles. The van der Waals surface area contributed by atoms with E-state index in [1.165, 1.54) is 0 Å². The van der Waals surface area contributed by atoms with Crippen molar-refractivity contribution in [3.05, 3.63) is 24.2 Å². The lowest BCUT2D eigenvalue weighted by atomic mass is 10.5. The SMILES string of the molecule is COCCOC(C)OCc1ccco1. The summed E-state index contributed by atoms with van der Waals surface area (Å²) in [4.78, 5) is 0. The van der Waals surface area contributed by atoms with Crippen LogP contribution < -0.4 is 0 Å². The number of methoxy groups -OCH3 is 1. The van der Waals surface area contributed by atoms with Crippen molar-refractivity contribution in [2.75, 3.05) is 20.3 Å². The van der Waals surface area contributed by atoms with Crippen LogP contribution in [0.2, 0.25) is 0 Å². The molecule has 80 valence electrons. The zero-order valence-corrected chi connectivity index (χ0v) is 8.56. The molecule has 0 aliphatic heterocycles. The van der Waals surface area contributed by atoms with Crippen molar-refractivity contribution in [1.82, 2.24) is 0 Å². The van der Waals surface area contributed by atoms with Gasteiger partial charge in [0.15, 0.2) is 6.29 Å². The van der Waals surface area contributed by atoms with E-state index in [1.807, 2.05) is 19.1 Å². The van der Waals surface area contributed by atoms with Crippen molar-refractivity contribution >= 4 is 0 Å². The van der Waals surface area contributed by atoms with Gasteiger partial charge in [0.05, 0.1) is 19.5 Å². The number of ether oxygens (including phenoxy) is 3. The Morgan fingerprint density at radius 3 is 2.86 bits per heavy atom. The van der Waals surface area contributed by atoms with Gasteiger partial charge >= 0.3 is 0 Å². The molecule has 0 amide bonds. The van der Waals surface area contributed by atoms with E-state index in [9.17, 15) is 0 Å². The van der Waals surface area contributed by atoms with Gasteiger partial charge in [0, 0.05) is 7.11 Å². The molecule has 0 spiro atoms. The maximum atomic E-state index is 5.36. The molecule has 1 heterocycles. The summed E-state index contributed by atoms with van der Waals surface area (Å²) in [6.07, 6.45) is 1.38. The quantitative estimate of drug-likeness (QED) is 0.497. The van der Waals surface area contributed by atoms with E-state index in [-0.39, 0.29) is 6.29 Å². The Bertz CT molecular complexity index is 220. The fourth-order valence-electron chi connectivity index (χ4n) is 0.940. The minimum atomic E-state index is -0.241. The highest BCUT2D eigenvalue weighted by Gasteiger charge is 2.03. The van der Waals surface area contributed by atoms with Gasteiger partial charge in [-0.2, -0.15) is 0 Å². The lowest BCUT2D eigenvalue weighted by Crippen LogP contribution is -2.15. The maximum Gasteiger partial charge on any atom is 0.155 e. The molecule has 4 heteroatoms. The van der Waals surface area contributed by atoms with Crippen molar-refractivity contribution in [2.45, 2.75) is 19.8 Å². The van der Waals surface area contributed by atoms with E-state index in [1.54, 1.807) is 13.4 Å². The molecule has 0 saturated carbocycles. The van der Waals surface area contributed by atoms with Gasteiger partial charge in [-0.15, -0.1) is 0 Å². The van der Waals surface area contributed by atoms with Crippen molar-refractivity contribution in [3.63, 3.8) is 0 Å². The van der Waals surface area contributed by atoms with E-state index in [2.05, 4.69) is 0 Å². The Labute approximate surface area is 83.8 Å². The van der Waals surface area contributed by atoms with E-state index >= 15 is 0 Å². The molecule has 0 radical (unpaired) electrons. The molecule has 1 unspecified atom stereocenters. The van der Waals surface area contributed by atoms with Crippen molar-refractivity contribution < 1.29 is 18.6 Å². The van der Waals surface area contributed by atoms with Crippen LogP contribution in [0, 0.1) is 0 Å². The van der Waals surface area contributed by atoms with Crippen LogP contribution in [-0.2, 0) is 20.8 Å². The molecular weight excluding hydrogens is 184 g/mol. The summed E-state index contributed by atoms with van der Waals surface area (Å²) in [5.74, 6) is 0.798. The molecule has 0 saturated heterocycles. The third kappa shape index (κ3) is 4.41. The van der Waals surface area contributed by atoms with Gasteiger partial charge in [0.25, 0.3) is 0 Å². The van der Waals surface area contributed by atoms with Gasteiger partial charge < -0.3 is 18.6 Å². The fraction of sp³-hybridized carbons (Fsp3) is 0.600. The average molecular weight is 200 g/mol. The van der Waals surface area contributed by atoms with Crippen molar-refractivity contribution in [2.24, 2.45) is 0 Å². The van der Waals surface area contributed by atoms with E-state index in [4.69, 9.17) is 18.6 Å². The molecule has 14 heavy (non-hydrogen) atoms. The summed E-state index contributed by atoms with van der Waals surface area (Å²) >= 11 is 0. The third-order valence-corrected chi connectivity index (χ3v) is 1.68. The Morgan fingerprint density at radius 2 is 2.21 bits per heavy atom. The molecule has 0 bridgehead atoms. The number of hydrogen-bond donors (Lipinski definition) is 0. The van der Waals surface area contributed by atoms with Crippen molar-refractivity contribution in [1.29, 1.82) is 0 Å². The lowest BCUT2D eigenvalue weighted by Gasteiger charge is -2.12. The van der Waals surface area contributed by atoms with Gasteiger partial charge in [-0.25, -0.2) is 0 Å². The Morgan fingerprint density at radius 1 is 1.36 bits per heavy atom. The summed E-state index contributed by atoms with van der Waals surface area (Å²) in [5.41, 5.74) is 0. The van der Waals surface area contributed by atoms with Crippen LogP contribution in [0.1, 0.15) is 12.7 Å². The minimum absolute atomic E-state index is 0.241. The van der Waals surface area contributed by atoms with Crippen LogP contribution in [-0.4, -0.2) is 26.6 Å². The molecule has 0 fully saturated rings. The maximum absolute atomic E-state index is 5.36. The number of hydrogen-bond acceptors (Lipinski definition) is 4. The first-order valence-electron chi connectivity index (χ1n) is 4.57. The highest BCUT2D eigenvalue weighted by atomic mass is 16.7. The smallest absolute Gasteiger partial charge is 0.155 e. The summed E-state index contributed by atoms with van der Waals surface area (Å²) < 4.78 is 20.6. The topological polar surface area (TPSA) is 40.8 Å². The van der Waals surface area contributed by atoms with Crippen LogP contribution in [0.3, 0.4) is 0 Å². The zero-order valence-electron chi connectivity index (χ0n) is 8.56. The summed E-state index contributed by atoms with van der Waals surface area (Å²) in [7, 11) is 1.64. The van der Waals surface area contributed by atoms with E-state index < -0.39 is 0 Å². The van der Waals surface area contributed by atoms with Gasteiger partial charge in [0.2, 0.25) is 0 Å². The first-order chi connectivity index (χ1) is 6.83. The number of rotatable bonds is 7. The molecule has 0 aliphatic carbocycles. The van der Waals surface area contributed by atoms with Gasteiger partial charge in [-0.1, -0.05) is 0 Å². The highest BCUT2D eigenvalue weighted by molar-refractivity contribution is 4.95. The van der Waals surface area contributed by atoms with Gasteiger partial charge in [0.1, 0.15) is 12.4 Å². The normalized spacial score (nSPS) is 13.0. The average Bonchev–Trinajstić information content (AvgIpc) is 2.68. The summed E-state index contributed by atoms with van der Waals surface area (Å²) in [5, 5.41) is 0. The lowest BCUT2D eigenvalue weighted by molar-refractivity contribution is -0.147. The van der Waals surface area contributed by atoms with Crippen LogP contribution in [0.25, 0.3) is 0 Å². The Kier molecular flexibility index (Phi) is 5.29. The van der Waals surface area contributed by atoms with Crippen LogP contribution in [0.15, 0.2) is 22.8 Å². The second-order valence-corrected chi connectivity index (χ2v) is 2.82. The fourth-order valence-corrected chi connectivity index (χ4v) is 0.940. The molecule has 0 aromatic carbocycles. The molecular formula is C10H16O4. The monoisotopic (exact) mass is 200 g/mol. The van der Waals surface area contributed by atoms with Crippen LogP contribution in [0.4, 0.5) is 0 Å². The molecule has 4 nitrogen and oxygen atoms in total. The van der Waals surface area contributed by atoms with Crippen LogP contribution >= 0.6 is 0 Å². The Hall–Kier alpha value is -0.840. The highest BCUT2D eigenvalue weighted by Crippen LogP contribution is 2.04. The molecule has 0 aliphatic rings. The van der Waals surface area contributed by atoms with Gasteiger partial charge in [-0.3, -0.25) is 0 Å². The van der Waals surface area contributed by atoms with E-state index in [0.717, 1.165) is 5.76 Å². The predicted octanol–water partition coefficient (Wildman–Crippen LogP) is 1.81. The first kappa shape index (κ1) is 11.2. The standard InChI is InChI=1S/C10H16O4/c1-9(12-7-6-11-2)14-8-10-4-3-5-13-10/h3-5,9H,6-8H2,1-2H3. The minimum Gasteiger partial charge on any atom is -0.467 e. The summed E-state index contributed by atoms with van der Waals surface area (Å²) in [6, 6.07) is 3.69. The summed E-state index contributed by atoms with van der Waals surface area (Å²) in [6.45, 7) is 3.39. The predicted molar refractivity (Wildman–Crippen MR) is 50.8 cm³/mol. The van der Waals surface area contributed by atoms with Crippen molar-refractivity contribution in [3.8, 4) is 0 Å². The molecule has 1 rings (SSSR count). The largest absolute Gasteiger partial charge is 0.467 e.